The van der Waals surface area contributed by atoms with Crippen LogP contribution in [0.3, 0.4) is 0 Å². The summed E-state index contributed by atoms with van der Waals surface area (Å²) in [4.78, 5) is 13.9. The van der Waals surface area contributed by atoms with E-state index in [-0.39, 0.29) is 5.91 Å². The molecule has 1 aromatic heterocycles. The maximum atomic E-state index is 11.9. The number of hydrogen-bond acceptors (Lipinski definition) is 3. The molecule has 4 rings (SSSR count). The summed E-state index contributed by atoms with van der Waals surface area (Å²) >= 11 is 0. The topological polar surface area (TPSA) is 45.5 Å². The highest BCUT2D eigenvalue weighted by atomic mass is 16.3. The Morgan fingerprint density at radius 3 is 2.44 bits per heavy atom. The molecule has 1 aliphatic rings. The van der Waals surface area contributed by atoms with Crippen LogP contribution in [0.15, 0.2) is 71.1 Å². The van der Waals surface area contributed by atoms with Crippen LogP contribution in [0.5, 0.6) is 0 Å². The van der Waals surface area contributed by atoms with Gasteiger partial charge in [0.25, 0.3) is 0 Å². The van der Waals surface area contributed by atoms with E-state index < -0.39 is 0 Å². The summed E-state index contributed by atoms with van der Waals surface area (Å²) in [6.07, 6.45) is 1.66. The second-order valence-electron chi connectivity index (χ2n) is 6.92. The number of rotatable bonds is 7. The van der Waals surface area contributed by atoms with Crippen molar-refractivity contribution in [2.24, 2.45) is 0 Å². The van der Waals surface area contributed by atoms with Crippen LogP contribution in [0, 0.1) is 0 Å². The second kappa shape index (κ2) is 8.23. The predicted octanol–water partition coefficient (Wildman–Crippen LogP) is 4.36. The number of benzene rings is 2. The number of hydrogen-bond donors (Lipinski definition) is 1. The zero-order valence-electron chi connectivity index (χ0n) is 15.4. The molecule has 1 amide bonds. The summed E-state index contributed by atoms with van der Waals surface area (Å²) in [6.45, 7) is 2.99. The van der Waals surface area contributed by atoms with Gasteiger partial charge in [-0.15, -0.1) is 0 Å². The smallest absolute Gasteiger partial charge is 0.222 e. The monoisotopic (exact) mass is 360 g/mol. The Bertz CT molecular complexity index is 902. The molecule has 4 heteroatoms. The van der Waals surface area contributed by atoms with Crippen LogP contribution in [-0.4, -0.2) is 17.4 Å². The van der Waals surface area contributed by atoms with Crippen molar-refractivity contribution in [3.05, 3.63) is 83.6 Å². The molecule has 1 aliphatic heterocycles. The first-order chi connectivity index (χ1) is 13.3. The van der Waals surface area contributed by atoms with E-state index in [0.717, 1.165) is 36.6 Å². The van der Waals surface area contributed by atoms with Crippen LogP contribution >= 0.6 is 0 Å². The van der Waals surface area contributed by atoms with Gasteiger partial charge in [0.2, 0.25) is 5.91 Å². The van der Waals surface area contributed by atoms with E-state index >= 15 is 0 Å². The largest absolute Gasteiger partial charge is 0.460 e. The highest BCUT2D eigenvalue weighted by Gasteiger charge is 2.20. The van der Waals surface area contributed by atoms with Gasteiger partial charge in [0, 0.05) is 31.6 Å². The first kappa shape index (κ1) is 17.6. The van der Waals surface area contributed by atoms with Crippen LogP contribution in [-0.2, 0) is 24.4 Å². The minimum atomic E-state index is 0.266. The molecule has 0 spiro atoms. The molecule has 1 fully saturated rings. The van der Waals surface area contributed by atoms with E-state index in [0.29, 0.717) is 19.5 Å². The highest BCUT2D eigenvalue weighted by molar-refractivity contribution is 5.78. The molecule has 0 atom stereocenters. The Kier molecular flexibility index (Phi) is 5.35. The zero-order valence-corrected chi connectivity index (χ0v) is 15.4. The number of carbonyl (C=O) groups is 1. The van der Waals surface area contributed by atoms with Crippen molar-refractivity contribution in [2.75, 3.05) is 6.54 Å². The Morgan fingerprint density at radius 2 is 1.67 bits per heavy atom. The number of nitrogens with zero attached hydrogens (tertiary/aromatic N) is 1. The van der Waals surface area contributed by atoms with Crippen molar-refractivity contribution in [1.29, 1.82) is 0 Å². The van der Waals surface area contributed by atoms with Gasteiger partial charge >= 0.3 is 0 Å². The normalized spacial score (nSPS) is 14.1. The molecule has 0 saturated carbocycles. The Morgan fingerprint density at radius 1 is 0.889 bits per heavy atom. The molecule has 4 nitrogen and oxygen atoms in total. The molecule has 2 heterocycles. The fourth-order valence-corrected chi connectivity index (χ4v) is 3.51. The lowest BCUT2D eigenvalue weighted by Crippen LogP contribution is -2.25. The first-order valence-corrected chi connectivity index (χ1v) is 9.49. The Labute approximate surface area is 159 Å². The van der Waals surface area contributed by atoms with Gasteiger partial charge in [0.05, 0.1) is 6.54 Å². The first-order valence-electron chi connectivity index (χ1n) is 9.49. The molecule has 3 aromatic rings. The van der Waals surface area contributed by atoms with E-state index in [9.17, 15) is 4.79 Å². The number of carbonyl (C=O) groups excluding carboxylic acids is 1. The second-order valence-corrected chi connectivity index (χ2v) is 6.92. The van der Waals surface area contributed by atoms with Gasteiger partial charge in [-0.25, -0.2) is 0 Å². The SMILES string of the molecule is O=C1CCCN1Cc1ccccc1CNCc1ccc(-c2ccccc2)o1. The minimum Gasteiger partial charge on any atom is -0.460 e. The van der Waals surface area contributed by atoms with E-state index in [1.54, 1.807) is 0 Å². The highest BCUT2D eigenvalue weighted by Crippen LogP contribution is 2.22. The molecule has 0 unspecified atom stereocenters. The lowest BCUT2D eigenvalue weighted by atomic mass is 10.1. The zero-order chi connectivity index (χ0) is 18.5. The van der Waals surface area contributed by atoms with Crippen LogP contribution < -0.4 is 5.32 Å². The summed E-state index contributed by atoms with van der Waals surface area (Å²) in [5, 5.41) is 3.46. The average Bonchev–Trinajstić information content (AvgIpc) is 3.33. The lowest BCUT2D eigenvalue weighted by molar-refractivity contribution is -0.128. The number of furan rings is 1. The molecule has 1 N–H and O–H groups in total. The number of likely N-dealkylation sites (tertiary alicyclic amines) is 1. The van der Waals surface area contributed by atoms with Crippen molar-refractivity contribution in [3.63, 3.8) is 0 Å². The van der Waals surface area contributed by atoms with Gasteiger partial charge < -0.3 is 14.6 Å². The van der Waals surface area contributed by atoms with Gasteiger partial charge in [-0.3, -0.25) is 4.79 Å². The predicted molar refractivity (Wildman–Crippen MR) is 106 cm³/mol. The molecule has 1 saturated heterocycles. The minimum absolute atomic E-state index is 0.266. The molecular weight excluding hydrogens is 336 g/mol. The van der Waals surface area contributed by atoms with Crippen LogP contribution in [0.1, 0.15) is 29.7 Å². The molecule has 2 aromatic carbocycles. The van der Waals surface area contributed by atoms with Crippen molar-refractivity contribution >= 4 is 5.91 Å². The van der Waals surface area contributed by atoms with E-state index in [1.165, 1.54) is 11.1 Å². The third-order valence-corrected chi connectivity index (χ3v) is 4.99. The van der Waals surface area contributed by atoms with Gasteiger partial charge in [0.1, 0.15) is 11.5 Å². The summed E-state index contributed by atoms with van der Waals surface area (Å²) in [5.41, 5.74) is 3.53. The summed E-state index contributed by atoms with van der Waals surface area (Å²) in [5.74, 6) is 2.07. The van der Waals surface area contributed by atoms with Gasteiger partial charge in [-0.2, -0.15) is 0 Å². The van der Waals surface area contributed by atoms with Crippen LogP contribution in [0.2, 0.25) is 0 Å². The lowest BCUT2D eigenvalue weighted by Gasteiger charge is -2.18. The molecular formula is C23H24N2O2. The maximum Gasteiger partial charge on any atom is 0.222 e. The van der Waals surface area contributed by atoms with Crippen molar-refractivity contribution < 1.29 is 9.21 Å². The van der Waals surface area contributed by atoms with E-state index in [2.05, 4.69) is 17.4 Å². The number of nitrogens with one attached hydrogen (secondary N) is 1. The summed E-state index contributed by atoms with van der Waals surface area (Å²) in [6, 6.07) is 22.5. The van der Waals surface area contributed by atoms with Crippen LogP contribution in [0.25, 0.3) is 11.3 Å². The van der Waals surface area contributed by atoms with E-state index in [4.69, 9.17) is 4.42 Å². The van der Waals surface area contributed by atoms with Gasteiger partial charge in [0.15, 0.2) is 0 Å². The third-order valence-electron chi connectivity index (χ3n) is 4.99. The average molecular weight is 360 g/mol. The number of amides is 1. The summed E-state index contributed by atoms with van der Waals surface area (Å²) in [7, 11) is 0. The van der Waals surface area contributed by atoms with Crippen LogP contribution in [0.4, 0.5) is 0 Å². The van der Waals surface area contributed by atoms with Crippen molar-refractivity contribution in [3.8, 4) is 11.3 Å². The summed E-state index contributed by atoms with van der Waals surface area (Å²) < 4.78 is 5.94. The fraction of sp³-hybridized carbons (Fsp3) is 0.261. The molecule has 0 radical (unpaired) electrons. The van der Waals surface area contributed by atoms with Crippen molar-refractivity contribution in [1.82, 2.24) is 10.2 Å². The molecule has 138 valence electrons. The Balaban J connectivity index is 1.36. The third kappa shape index (κ3) is 4.29. The fourth-order valence-electron chi connectivity index (χ4n) is 3.51. The van der Waals surface area contributed by atoms with Gasteiger partial charge in [-0.1, -0.05) is 54.6 Å². The maximum absolute atomic E-state index is 11.9. The standard InChI is InChI=1S/C23H24N2O2/c26-23-11-6-14-25(23)17-20-10-5-4-9-19(20)15-24-16-21-12-13-22(27-21)18-7-2-1-3-8-18/h1-5,7-10,12-13,24H,6,11,14-17H2. The quantitative estimate of drug-likeness (QED) is 0.681. The molecule has 0 bridgehead atoms. The Hall–Kier alpha value is -2.85. The molecule has 27 heavy (non-hydrogen) atoms. The van der Waals surface area contributed by atoms with Crippen molar-refractivity contribution in [2.45, 2.75) is 32.5 Å². The van der Waals surface area contributed by atoms with Gasteiger partial charge in [-0.05, 0) is 29.7 Å². The molecule has 0 aliphatic carbocycles. The van der Waals surface area contributed by atoms with E-state index in [1.807, 2.05) is 59.5 Å².